The van der Waals surface area contributed by atoms with Gasteiger partial charge in [-0.25, -0.2) is 9.78 Å². The lowest BCUT2D eigenvalue weighted by molar-refractivity contribution is -0.150. The lowest BCUT2D eigenvalue weighted by Gasteiger charge is -2.49. The highest BCUT2D eigenvalue weighted by molar-refractivity contribution is 8.00. The Morgan fingerprint density at radius 1 is 1.40 bits per heavy atom. The molecule has 3 aliphatic rings. The first kappa shape index (κ1) is 24.5. The Balaban J connectivity index is 1.51. The molecule has 3 atom stereocenters. The summed E-state index contributed by atoms with van der Waals surface area (Å²) in [5.41, 5.74) is 5.47. The van der Waals surface area contributed by atoms with Crippen molar-refractivity contribution in [1.82, 2.24) is 20.5 Å². The Bertz CT molecular complexity index is 1160. The van der Waals surface area contributed by atoms with Crippen molar-refractivity contribution >= 4 is 63.6 Å². The first-order valence-corrected chi connectivity index (χ1v) is 12.2. The number of nitrogens with two attached hydrogens (primary N) is 1. The number of thiazole rings is 1. The summed E-state index contributed by atoms with van der Waals surface area (Å²) in [6.45, 7) is 1.35. The SMILES string of the molecule is CC(=O)OCC1=C(C(=O)O)N2C(=O)[C@H](NC(=O)C(=NOC3CCNC3=O)c3csc(N)n3)[C@H]2SC1. The smallest absolute Gasteiger partial charge is 0.352 e. The molecular formula is C19H20N6O8S2. The number of aliphatic carboxylic acids is 1. The number of anilines is 1. The number of oxime groups is 1. The zero-order chi connectivity index (χ0) is 25.3. The number of hydrogen-bond acceptors (Lipinski definition) is 12. The quantitative estimate of drug-likeness (QED) is 0.135. The number of amides is 3. The van der Waals surface area contributed by atoms with Crippen molar-refractivity contribution in [2.75, 3.05) is 24.6 Å². The van der Waals surface area contributed by atoms with Gasteiger partial charge in [0.05, 0.1) is 0 Å². The van der Waals surface area contributed by atoms with Crippen LogP contribution in [0.3, 0.4) is 0 Å². The lowest BCUT2D eigenvalue weighted by atomic mass is 10.0. The molecule has 0 bridgehead atoms. The van der Waals surface area contributed by atoms with Crippen molar-refractivity contribution in [3.8, 4) is 0 Å². The van der Waals surface area contributed by atoms with Gasteiger partial charge in [0, 0.05) is 36.6 Å². The molecule has 2 saturated heterocycles. The molecule has 5 N–H and O–H groups in total. The van der Waals surface area contributed by atoms with Crippen LogP contribution in [-0.2, 0) is 33.5 Å². The third-order valence-corrected chi connectivity index (χ3v) is 7.25. The van der Waals surface area contributed by atoms with Gasteiger partial charge in [0.25, 0.3) is 17.7 Å². The van der Waals surface area contributed by atoms with E-state index in [9.17, 15) is 29.1 Å². The Labute approximate surface area is 205 Å². The largest absolute Gasteiger partial charge is 0.477 e. The number of carbonyl (C=O) groups is 5. The number of rotatable bonds is 8. The summed E-state index contributed by atoms with van der Waals surface area (Å²) in [6.07, 6.45) is -0.506. The first-order chi connectivity index (χ1) is 16.7. The average molecular weight is 525 g/mol. The molecule has 4 rings (SSSR count). The van der Waals surface area contributed by atoms with Crippen LogP contribution in [0, 0.1) is 0 Å². The van der Waals surface area contributed by atoms with Gasteiger partial charge < -0.3 is 31.0 Å². The van der Waals surface area contributed by atoms with Gasteiger partial charge >= 0.3 is 11.9 Å². The molecule has 0 spiro atoms. The second-order valence-electron chi connectivity index (χ2n) is 7.58. The zero-order valence-corrected chi connectivity index (χ0v) is 19.8. The number of hydrogen-bond donors (Lipinski definition) is 4. The Morgan fingerprint density at radius 3 is 2.77 bits per heavy atom. The first-order valence-electron chi connectivity index (χ1n) is 10.2. The summed E-state index contributed by atoms with van der Waals surface area (Å²) in [5.74, 6) is -3.58. The fourth-order valence-electron chi connectivity index (χ4n) is 3.58. The molecule has 0 aliphatic carbocycles. The van der Waals surface area contributed by atoms with Crippen LogP contribution in [0.2, 0.25) is 0 Å². The molecular weight excluding hydrogens is 504 g/mol. The molecule has 0 aromatic carbocycles. The third kappa shape index (κ3) is 4.93. The van der Waals surface area contributed by atoms with Crippen molar-refractivity contribution < 1.29 is 38.7 Å². The van der Waals surface area contributed by atoms with Crippen molar-refractivity contribution in [2.45, 2.75) is 30.9 Å². The van der Waals surface area contributed by atoms with Crippen LogP contribution < -0.4 is 16.4 Å². The summed E-state index contributed by atoms with van der Waals surface area (Å²) in [5, 5.41) is 19.5. The zero-order valence-electron chi connectivity index (χ0n) is 18.2. The monoisotopic (exact) mass is 524 g/mol. The minimum atomic E-state index is -1.35. The Morgan fingerprint density at radius 2 is 2.17 bits per heavy atom. The van der Waals surface area contributed by atoms with Crippen LogP contribution in [0.1, 0.15) is 19.0 Å². The number of nitrogens with zero attached hydrogens (tertiary/aromatic N) is 3. The molecule has 0 radical (unpaired) electrons. The number of β-lactam (4-membered cyclic amide) rings is 1. The van der Waals surface area contributed by atoms with Crippen LogP contribution in [-0.4, -0.2) is 86.8 Å². The highest BCUT2D eigenvalue weighted by atomic mass is 32.2. The van der Waals surface area contributed by atoms with Crippen LogP contribution in [0.25, 0.3) is 0 Å². The maximum Gasteiger partial charge on any atom is 0.352 e. The van der Waals surface area contributed by atoms with E-state index < -0.39 is 41.3 Å². The molecule has 1 aromatic heterocycles. The Hall–Kier alpha value is -3.66. The molecule has 1 aromatic rings. The number of fused-ring (bicyclic) bond motifs is 1. The molecule has 16 heteroatoms. The summed E-state index contributed by atoms with van der Waals surface area (Å²) in [7, 11) is 0. The molecule has 0 saturated carbocycles. The van der Waals surface area contributed by atoms with E-state index in [4.69, 9.17) is 15.3 Å². The van der Waals surface area contributed by atoms with Crippen molar-refractivity contribution in [2.24, 2.45) is 5.16 Å². The maximum atomic E-state index is 13.1. The summed E-state index contributed by atoms with van der Waals surface area (Å²) in [4.78, 5) is 70.9. The van der Waals surface area contributed by atoms with E-state index >= 15 is 0 Å². The van der Waals surface area contributed by atoms with E-state index in [1.807, 2.05) is 0 Å². The van der Waals surface area contributed by atoms with Crippen LogP contribution >= 0.6 is 23.1 Å². The molecule has 35 heavy (non-hydrogen) atoms. The number of carbonyl (C=O) groups excluding carboxylic acids is 4. The second-order valence-corrected chi connectivity index (χ2v) is 9.58. The highest BCUT2D eigenvalue weighted by Gasteiger charge is 2.54. The molecule has 14 nitrogen and oxygen atoms in total. The standard InChI is InChI=1S/C19H20N6O8S2/c1-7(26)32-4-8-5-34-17-12(16(29)25(17)13(8)18(30)31)23-15(28)11(9-6-35-19(20)22-9)24-33-10-2-3-21-14(10)27/h6,10,12,17H,2-5H2,1H3,(H2,20,22)(H,21,27)(H,23,28)(H,30,31)/t10?,12-,17+/m0/s1. The minimum Gasteiger partial charge on any atom is -0.477 e. The van der Waals surface area contributed by atoms with Gasteiger partial charge in [0.2, 0.25) is 6.10 Å². The van der Waals surface area contributed by atoms with Gasteiger partial charge in [-0.2, -0.15) is 0 Å². The van der Waals surface area contributed by atoms with Crippen LogP contribution in [0.4, 0.5) is 5.13 Å². The summed E-state index contributed by atoms with van der Waals surface area (Å²) in [6, 6.07) is -1.05. The topological polar surface area (TPSA) is 203 Å². The number of nitrogens with one attached hydrogen (secondary N) is 2. The predicted octanol–water partition coefficient (Wildman–Crippen LogP) is -1.36. The fourth-order valence-corrected chi connectivity index (χ4v) is 5.46. The maximum absolute atomic E-state index is 13.1. The molecule has 2 fully saturated rings. The van der Waals surface area contributed by atoms with E-state index in [1.165, 1.54) is 24.1 Å². The van der Waals surface area contributed by atoms with Crippen LogP contribution in [0.5, 0.6) is 0 Å². The molecule has 3 aliphatic heterocycles. The number of ether oxygens (including phenoxy) is 1. The lowest BCUT2D eigenvalue weighted by Crippen LogP contribution is -2.71. The number of carboxylic acid groups (broad SMARTS) is 1. The predicted molar refractivity (Wildman–Crippen MR) is 122 cm³/mol. The van der Waals surface area contributed by atoms with Crippen molar-refractivity contribution in [3.63, 3.8) is 0 Å². The number of aromatic nitrogens is 1. The number of thioether (sulfide) groups is 1. The summed E-state index contributed by atoms with van der Waals surface area (Å²) < 4.78 is 4.90. The van der Waals surface area contributed by atoms with E-state index in [0.29, 0.717) is 13.0 Å². The molecule has 1 unspecified atom stereocenters. The van der Waals surface area contributed by atoms with Gasteiger partial charge in [0.15, 0.2) is 10.8 Å². The van der Waals surface area contributed by atoms with E-state index in [0.717, 1.165) is 16.2 Å². The molecule has 3 amide bonds. The average Bonchev–Trinajstić information content (AvgIpc) is 3.43. The normalized spacial score (nSPS) is 23.9. The van der Waals surface area contributed by atoms with Crippen LogP contribution in [0.15, 0.2) is 21.8 Å². The van der Waals surface area contributed by atoms with Gasteiger partial charge in [-0.3, -0.25) is 24.1 Å². The summed E-state index contributed by atoms with van der Waals surface area (Å²) >= 11 is 2.27. The molecule has 186 valence electrons. The third-order valence-electron chi connectivity index (χ3n) is 5.24. The molecule has 4 heterocycles. The van der Waals surface area contributed by atoms with Gasteiger partial charge in [-0.05, 0) is 0 Å². The van der Waals surface area contributed by atoms with E-state index in [2.05, 4.69) is 20.8 Å². The van der Waals surface area contributed by atoms with E-state index in [1.54, 1.807) is 0 Å². The van der Waals surface area contributed by atoms with Crippen molar-refractivity contribution in [3.05, 3.63) is 22.3 Å². The number of carboxylic acids is 1. The Kier molecular flexibility index (Phi) is 6.93. The fraction of sp³-hybridized carbons (Fsp3) is 0.421. The second kappa shape index (κ2) is 9.91. The van der Waals surface area contributed by atoms with E-state index in [-0.39, 0.29) is 46.1 Å². The van der Waals surface area contributed by atoms with Crippen molar-refractivity contribution in [1.29, 1.82) is 0 Å². The number of nitrogen functional groups attached to an aromatic ring is 1. The number of esters is 1. The van der Waals surface area contributed by atoms with Gasteiger partial charge in [-0.1, -0.05) is 5.16 Å². The van der Waals surface area contributed by atoms with Gasteiger partial charge in [-0.15, -0.1) is 23.1 Å². The van der Waals surface area contributed by atoms with Gasteiger partial charge in [0.1, 0.15) is 29.4 Å². The highest BCUT2D eigenvalue weighted by Crippen LogP contribution is 2.40. The minimum absolute atomic E-state index is 0.0955.